The zero-order valence-electron chi connectivity index (χ0n) is 17.3. The van der Waals surface area contributed by atoms with Gasteiger partial charge in [-0.3, -0.25) is 4.68 Å². The lowest BCUT2D eigenvalue weighted by molar-refractivity contribution is 0.178. The Kier molecular flexibility index (Phi) is 6.55. The summed E-state index contributed by atoms with van der Waals surface area (Å²) in [7, 11) is 2.03. The number of aromatic nitrogens is 4. The lowest BCUT2D eigenvalue weighted by atomic mass is 9.82. The number of ether oxygens (including phenoxy) is 1. The molecule has 2 N–H and O–H groups in total. The van der Waals surface area contributed by atoms with Gasteiger partial charge in [0.05, 0.1) is 36.4 Å². The fourth-order valence-corrected chi connectivity index (χ4v) is 4.41. The van der Waals surface area contributed by atoms with Crippen LogP contribution in [0.1, 0.15) is 56.7 Å². The number of hydrogen-bond donors (Lipinski definition) is 2. The monoisotopic (exact) mass is 418 g/mol. The first-order valence-corrected chi connectivity index (χ1v) is 11.1. The smallest absolute Gasteiger partial charge is 0.237 e. The Bertz CT molecular complexity index is 813. The van der Waals surface area contributed by atoms with E-state index in [1.54, 1.807) is 6.20 Å². The van der Waals surface area contributed by atoms with E-state index >= 15 is 0 Å². The number of rotatable bonds is 8. The van der Waals surface area contributed by atoms with E-state index in [0.717, 1.165) is 23.8 Å². The highest BCUT2D eigenvalue weighted by Gasteiger charge is 2.23. The minimum Gasteiger partial charge on any atom is -0.476 e. The van der Waals surface area contributed by atoms with Gasteiger partial charge in [-0.1, -0.05) is 11.6 Å². The van der Waals surface area contributed by atoms with E-state index in [1.807, 2.05) is 13.2 Å². The average molecular weight is 419 g/mol. The summed E-state index contributed by atoms with van der Waals surface area (Å²) in [4.78, 5) is 8.81. The molecule has 0 bridgehead atoms. The SMILES string of the molecule is CNCC1CCC(COc2nc(Nc3cnn(C4CCC4)c3C)ncc2Cl)CC1. The normalized spacial score (nSPS) is 22.3. The van der Waals surface area contributed by atoms with Gasteiger partial charge in [-0.05, 0) is 77.3 Å². The zero-order chi connectivity index (χ0) is 20.2. The maximum atomic E-state index is 6.28. The number of nitrogens with one attached hydrogen (secondary N) is 2. The molecule has 0 radical (unpaired) electrons. The predicted molar refractivity (Wildman–Crippen MR) is 115 cm³/mol. The fraction of sp³-hybridized carbons (Fsp3) is 0.667. The molecule has 2 heterocycles. The molecule has 7 nitrogen and oxygen atoms in total. The predicted octanol–water partition coefficient (Wildman–Crippen LogP) is 4.51. The van der Waals surface area contributed by atoms with E-state index < -0.39 is 0 Å². The molecular weight excluding hydrogens is 388 g/mol. The Labute approximate surface area is 177 Å². The van der Waals surface area contributed by atoms with Crippen molar-refractivity contribution in [1.29, 1.82) is 0 Å². The molecule has 2 aromatic heterocycles. The van der Waals surface area contributed by atoms with Crippen molar-refractivity contribution >= 4 is 23.2 Å². The third-order valence-corrected chi connectivity index (χ3v) is 6.60. The van der Waals surface area contributed by atoms with Gasteiger partial charge in [0.25, 0.3) is 0 Å². The second-order valence-corrected chi connectivity index (χ2v) is 8.81. The molecule has 2 saturated carbocycles. The third-order valence-electron chi connectivity index (χ3n) is 6.34. The molecule has 0 saturated heterocycles. The van der Waals surface area contributed by atoms with Crippen LogP contribution in [0.4, 0.5) is 11.6 Å². The minimum atomic E-state index is 0.446. The summed E-state index contributed by atoms with van der Waals surface area (Å²) in [5.74, 6) is 2.29. The molecule has 0 spiro atoms. The molecule has 2 aliphatic carbocycles. The van der Waals surface area contributed by atoms with Gasteiger partial charge >= 0.3 is 0 Å². The molecule has 2 fully saturated rings. The largest absolute Gasteiger partial charge is 0.476 e. The quantitative estimate of drug-likeness (QED) is 0.656. The van der Waals surface area contributed by atoms with Crippen LogP contribution in [0, 0.1) is 18.8 Å². The van der Waals surface area contributed by atoms with Crippen molar-refractivity contribution in [3.63, 3.8) is 0 Å². The van der Waals surface area contributed by atoms with E-state index in [2.05, 4.69) is 37.3 Å². The lowest BCUT2D eigenvalue weighted by Gasteiger charge is -2.28. The molecule has 0 atom stereocenters. The Morgan fingerprint density at radius 3 is 2.59 bits per heavy atom. The number of nitrogens with zero attached hydrogens (tertiary/aromatic N) is 4. The van der Waals surface area contributed by atoms with Crippen LogP contribution in [0.25, 0.3) is 0 Å². The van der Waals surface area contributed by atoms with E-state index in [9.17, 15) is 0 Å². The van der Waals surface area contributed by atoms with Gasteiger partial charge < -0.3 is 15.4 Å². The summed E-state index contributed by atoms with van der Waals surface area (Å²) >= 11 is 6.28. The summed E-state index contributed by atoms with van der Waals surface area (Å²) in [6.45, 7) is 3.84. The molecular formula is C21H31ClN6O. The summed E-state index contributed by atoms with van der Waals surface area (Å²) < 4.78 is 8.09. The highest BCUT2D eigenvalue weighted by molar-refractivity contribution is 6.31. The van der Waals surface area contributed by atoms with Gasteiger partial charge in [0.1, 0.15) is 5.02 Å². The summed E-state index contributed by atoms with van der Waals surface area (Å²) in [6, 6.07) is 0.527. The summed E-state index contributed by atoms with van der Waals surface area (Å²) in [6.07, 6.45) is 12.0. The Morgan fingerprint density at radius 2 is 1.90 bits per heavy atom. The van der Waals surface area contributed by atoms with Crippen molar-refractivity contribution in [1.82, 2.24) is 25.1 Å². The lowest BCUT2D eigenvalue weighted by Crippen LogP contribution is -2.26. The number of anilines is 2. The van der Waals surface area contributed by atoms with Crippen LogP contribution < -0.4 is 15.4 Å². The molecule has 2 aromatic rings. The molecule has 4 rings (SSSR count). The molecule has 2 aliphatic rings. The van der Waals surface area contributed by atoms with Gasteiger partial charge in [0, 0.05) is 0 Å². The molecule has 158 valence electrons. The number of halogens is 1. The highest BCUT2D eigenvalue weighted by Crippen LogP contribution is 2.34. The first-order valence-electron chi connectivity index (χ1n) is 10.7. The third kappa shape index (κ3) is 4.83. The van der Waals surface area contributed by atoms with E-state index in [-0.39, 0.29) is 0 Å². The van der Waals surface area contributed by atoms with Crippen molar-refractivity contribution in [2.24, 2.45) is 11.8 Å². The maximum Gasteiger partial charge on any atom is 0.237 e. The molecule has 29 heavy (non-hydrogen) atoms. The Morgan fingerprint density at radius 1 is 1.14 bits per heavy atom. The topological polar surface area (TPSA) is 76.9 Å². The van der Waals surface area contributed by atoms with Crippen molar-refractivity contribution in [3.8, 4) is 5.88 Å². The van der Waals surface area contributed by atoms with Crippen LogP contribution >= 0.6 is 11.6 Å². The van der Waals surface area contributed by atoms with Gasteiger partial charge in [-0.2, -0.15) is 10.1 Å². The second kappa shape index (κ2) is 9.30. The first-order chi connectivity index (χ1) is 14.1. The first kappa shape index (κ1) is 20.4. The van der Waals surface area contributed by atoms with Gasteiger partial charge in [-0.15, -0.1) is 0 Å². The Balaban J connectivity index is 1.35. The van der Waals surface area contributed by atoms with E-state index in [0.29, 0.717) is 35.4 Å². The minimum absolute atomic E-state index is 0.446. The second-order valence-electron chi connectivity index (χ2n) is 8.40. The fourth-order valence-electron chi connectivity index (χ4n) is 4.27. The van der Waals surface area contributed by atoms with Crippen LogP contribution in [-0.2, 0) is 0 Å². The molecule has 0 aromatic carbocycles. The van der Waals surface area contributed by atoms with Crippen molar-refractivity contribution < 1.29 is 4.74 Å². The van der Waals surface area contributed by atoms with E-state index in [1.165, 1.54) is 44.9 Å². The highest BCUT2D eigenvalue weighted by atomic mass is 35.5. The van der Waals surface area contributed by atoms with E-state index in [4.69, 9.17) is 16.3 Å². The van der Waals surface area contributed by atoms with Crippen LogP contribution in [0.3, 0.4) is 0 Å². The molecule has 0 aliphatic heterocycles. The standard InChI is InChI=1S/C21H31ClN6O/c1-14-19(12-25-28(14)17-4-3-5-17)26-21-24-11-18(22)20(27-21)29-13-16-8-6-15(7-9-16)10-23-2/h11-12,15-17,23H,3-10,13H2,1-2H3,(H,24,26,27). The van der Waals surface area contributed by atoms with Gasteiger partial charge in [-0.25, -0.2) is 4.98 Å². The van der Waals surface area contributed by atoms with Crippen molar-refractivity contribution in [3.05, 3.63) is 23.1 Å². The maximum absolute atomic E-state index is 6.28. The van der Waals surface area contributed by atoms with Crippen molar-refractivity contribution in [2.45, 2.75) is 57.9 Å². The van der Waals surface area contributed by atoms with Crippen LogP contribution in [0.2, 0.25) is 5.02 Å². The van der Waals surface area contributed by atoms with Crippen LogP contribution in [0.15, 0.2) is 12.4 Å². The summed E-state index contributed by atoms with van der Waals surface area (Å²) in [5, 5.41) is 11.5. The van der Waals surface area contributed by atoms with Gasteiger partial charge in [0.15, 0.2) is 0 Å². The molecule has 0 amide bonds. The van der Waals surface area contributed by atoms with Crippen molar-refractivity contribution in [2.75, 3.05) is 25.5 Å². The van der Waals surface area contributed by atoms with Gasteiger partial charge in [0.2, 0.25) is 11.8 Å². The zero-order valence-corrected chi connectivity index (χ0v) is 18.1. The molecule has 0 unspecified atom stereocenters. The average Bonchev–Trinajstić information content (AvgIpc) is 3.02. The molecule has 8 heteroatoms. The van der Waals surface area contributed by atoms with Crippen LogP contribution in [-0.4, -0.2) is 39.9 Å². The number of hydrogen-bond acceptors (Lipinski definition) is 6. The summed E-state index contributed by atoms with van der Waals surface area (Å²) in [5.41, 5.74) is 2.03. The Hall–Kier alpha value is -1.86. The van der Waals surface area contributed by atoms with Crippen LogP contribution in [0.5, 0.6) is 5.88 Å².